The summed E-state index contributed by atoms with van der Waals surface area (Å²) in [6.07, 6.45) is 4.69. The Bertz CT molecular complexity index is 1300. The smallest absolute Gasteiger partial charge is 0.265 e. The Balaban J connectivity index is 1.58. The van der Waals surface area contributed by atoms with E-state index < -0.39 is 10.0 Å². The van der Waals surface area contributed by atoms with Crippen LogP contribution in [-0.2, 0) is 17.1 Å². The predicted octanol–water partition coefficient (Wildman–Crippen LogP) is 4.09. The second-order valence-corrected chi connectivity index (χ2v) is 10.9. The molecule has 33 heavy (non-hydrogen) atoms. The topological polar surface area (TPSA) is 101 Å². The van der Waals surface area contributed by atoms with Crippen LogP contribution in [0.2, 0.25) is 0 Å². The quantitative estimate of drug-likeness (QED) is 0.529. The minimum atomic E-state index is -3.85. The van der Waals surface area contributed by atoms with Gasteiger partial charge in [0.25, 0.3) is 15.9 Å². The van der Waals surface area contributed by atoms with Crippen LogP contribution in [0.1, 0.15) is 51.9 Å². The molecular formula is C23H26N4O4S2. The summed E-state index contributed by atoms with van der Waals surface area (Å²) in [5.41, 5.74) is 2.15. The molecule has 0 bridgehead atoms. The number of carbonyl (C=O) groups is 2. The van der Waals surface area contributed by atoms with Gasteiger partial charge in [-0.15, -0.1) is 11.3 Å². The number of likely N-dealkylation sites (tertiary alicyclic amines) is 1. The van der Waals surface area contributed by atoms with Gasteiger partial charge in [-0.2, -0.15) is 0 Å². The number of ketones is 1. The molecule has 1 fully saturated rings. The van der Waals surface area contributed by atoms with E-state index in [0.29, 0.717) is 32.5 Å². The molecule has 2 aromatic heterocycles. The average molecular weight is 487 g/mol. The molecule has 174 valence electrons. The fourth-order valence-electron chi connectivity index (χ4n) is 3.83. The molecule has 0 radical (unpaired) electrons. The van der Waals surface area contributed by atoms with Crippen LogP contribution >= 0.6 is 11.3 Å². The number of hydrogen-bond acceptors (Lipinski definition) is 6. The van der Waals surface area contributed by atoms with Gasteiger partial charge in [-0.3, -0.25) is 14.3 Å². The summed E-state index contributed by atoms with van der Waals surface area (Å²) in [4.78, 5) is 31.5. The summed E-state index contributed by atoms with van der Waals surface area (Å²) in [7, 11) is -2.10. The van der Waals surface area contributed by atoms with E-state index in [0.717, 1.165) is 32.4 Å². The average Bonchev–Trinajstić information content (AvgIpc) is 3.37. The number of aromatic nitrogens is 2. The third-order valence-corrected chi connectivity index (χ3v) is 8.20. The van der Waals surface area contributed by atoms with Crippen LogP contribution in [0.5, 0.6) is 0 Å². The Morgan fingerprint density at radius 2 is 1.76 bits per heavy atom. The lowest BCUT2D eigenvalue weighted by Crippen LogP contribution is -2.35. The highest BCUT2D eigenvalue weighted by Crippen LogP contribution is 2.32. The molecule has 1 aliphatic rings. The summed E-state index contributed by atoms with van der Waals surface area (Å²) in [6, 6.07) is 7.83. The molecule has 1 aromatic carbocycles. The summed E-state index contributed by atoms with van der Waals surface area (Å²) in [6.45, 7) is 4.79. The summed E-state index contributed by atoms with van der Waals surface area (Å²) >= 11 is 1.29. The molecule has 0 spiro atoms. The van der Waals surface area contributed by atoms with Crippen molar-refractivity contribution >= 4 is 38.7 Å². The first kappa shape index (κ1) is 23.2. The van der Waals surface area contributed by atoms with E-state index in [2.05, 4.69) is 9.71 Å². The van der Waals surface area contributed by atoms with Gasteiger partial charge in [0.05, 0.1) is 11.4 Å². The van der Waals surface area contributed by atoms with Crippen molar-refractivity contribution in [3.05, 3.63) is 52.7 Å². The molecule has 1 amide bonds. The van der Waals surface area contributed by atoms with Crippen molar-refractivity contribution in [1.29, 1.82) is 0 Å². The second-order valence-electron chi connectivity index (χ2n) is 8.20. The molecule has 1 saturated heterocycles. The maximum Gasteiger partial charge on any atom is 0.265 e. The lowest BCUT2D eigenvalue weighted by Gasteiger charge is -2.26. The first-order valence-corrected chi connectivity index (χ1v) is 13.0. The van der Waals surface area contributed by atoms with Gasteiger partial charge in [0.2, 0.25) is 0 Å². The molecular weight excluding hydrogens is 460 g/mol. The predicted molar refractivity (Wildman–Crippen MR) is 128 cm³/mol. The van der Waals surface area contributed by atoms with Crippen LogP contribution in [0.25, 0.3) is 10.7 Å². The molecule has 10 heteroatoms. The van der Waals surface area contributed by atoms with Gasteiger partial charge in [-0.05, 0) is 63.4 Å². The van der Waals surface area contributed by atoms with E-state index >= 15 is 0 Å². The Morgan fingerprint density at radius 1 is 1.09 bits per heavy atom. The zero-order chi connectivity index (χ0) is 23.8. The van der Waals surface area contributed by atoms with E-state index in [1.165, 1.54) is 24.5 Å². The number of amides is 1. The normalized spacial score (nSPS) is 14.3. The monoisotopic (exact) mass is 486 g/mol. The fraction of sp³-hybridized carbons (Fsp3) is 0.348. The lowest BCUT2D eigenvalue weighted by atomic mass is 10.1. The highest BCUT2D eigenvalue weighted by molar-refractivity contribution is 7.92. The van der Waals surface area contributed by atoms with Crippen LogP contribution in [0.15, 0.2) is 41.4 Å². The van der Waals surface area contributed by atoms with Crippen molar-refractivity contribution in [3.63, 3.8) is 0 Å². The Labute approximate surface area is 197 Å². The standard InChI is InChI=1S/C23H26N4O4S2/c1-15-21(23(29)27-11-5-4-6-12-27)32-22(24-15)20-13-19(14-26(20)3)33(30,31)25-18-9-7-17(8-10-18)16(2)28/h7-10,13-14,25H,4-6,11-12H2,1-3H3. The second kappa shape index (κ2) is 9.11. The summed E-state index contributed by atoms with van der Waals surface area (Å²) in [5, 5.41) is 0.600. The number of Topliss-reactive ketones (excluding diaryl/α,β-unsaturated/α-hetero) is 1. The fourth-order valence-corrected chi connectivity index (χ4v) is 6.05. The Kier molecular flexibility index (Phi) is 6.40. The van der Waals surface area contributed by atoms with E-state index in [1.54, 1.807) is 41.9 Å². The maximum absolute atomic E-state index is 12.9. The van der Waals surface area contributed by atoms with Gasteiger partial charge in [0.15, 0.2) is 5.78 Å². The number of rotatable bonds is 6. The highest BCUT2D eigenvalue weighted by Gasteiger charge is 2.25. The van der Waals surface area contributed by atoms with Gasteiger partial charge >= 0.3 is 0 Å². The molecule has 3 aromatic rings. The lowest BCUT2D eigenvalue weighted by molar-refractivity contribution is 0.0728. The number of nitrogens with zero attached hydrogens (tertiary/aromatic N) is 3. The van der Waals surface area contributed by atoms with Gasteiger partial charge in [-0.25, -0.2) is 13.4 Å². The maximum atomic E-state index is 12.9. The van der Waals surface area contributed by atoms with E-state index in [1.807, 2.05) is 11.8 Å². The molecule has 1 aliphatic heterocycles. The molecule has 4 rings (SSSR count). The number of nitrogens with one attached hydrogen (secondary N) is 1. The van der Waals surface area contributed by atoms with Gasteiger partial charge in [0, 0.05) is 37.6 Å². The molecule has 1 N–H and O–H groups in total. The van der Waals surface area contributed by atoms with Crippen LogP contribution in [0, 0.1) is 6.92 Å². The first-order chi connectivity index (χ1) is 15.7. The van der Waals surface area contributed by atoms with Crippen molar-refractivity contribution in [3.8, 4) is 10.7 Å². The van der Waals surface area contributed by atoms with Crippen molar-refractivity contribution in [2.24, 2.45) is 7.05 Å². The number of thiazole rings is 1. The van der Waals surface area contributed by atoms with Crippen LogP contribution in [-0.4, -0.2) is 47.6 Å². The van der Waals surface area contributed by atoms with Crippen molar-refractivity contribution < 1.29 is 18.0 Å². The SMILES string of the molecule is CC(=O)c1ccc(NS(=O)(=O)c2cc(-c3nc(C)c(C(=O)N4CCCCC4)s3)n(C)c2)cc1. The number of aryl methyl sites for hydroxylation is 2. The molecule has 8 nitrogen and oxygen atoms in total. The number of anilines is 1. The highest BCUT2D eigenvalue weighted by atomic mass is 32.2. The zero-order valence-electron chi connectivity index (χ0n) is 18.8. The van der Waals surface area contributed by atoms with Crippen molar-refractivity contribution in [1.82, 2.24) is 14.5 Å². The molecule has 0 aliphatic carbocycles. The molecule has 0 atom stereocenters. The van der Waals surface area contributed by atoms with E-state index in [9.17, 15) is 18.0 Å². The zero-order valence-corrected chi connectivity index (χ0v) is 20.4. The van der Waals surface area contributed by atoms with Crippen LogP contribution < -0.4 is 4.72 Å². The van der Waals surface area contributed by atoms with E-state index in [-0.39, 0.29) is 16.6 Å². The summed E-state index contributed by atoms with van der Waals surface area (Å²) < 4.78 is 30.1. The third-order valence-electron chi connectivity index (χ3n) is 5.69. The molecule has 0 saturated carbocycles. The minimum absolute atomic E-state index is 0.00585. The number of sulfonamides is 1. The van der Waals surface area contributed by atoms with Crippen molar-refractivity contribution in [2.75, 3.05) is 17.8 Å². The van der Waals surface area contributed by atoms with Crippen molar-refractivity contribution in [2.45, 2.75) is 38.0 Å². The van der Waals surface area contributed by atoms with Crippen LogP contribution in [0.3, 0.4) is 0 Å². The Hall–Kier alpha value is -2.98. The van der Waals surface area contributed by atoms with Gasteiger partial charge < -0.3 is 9.47 Å². The third kappa shape index (κ3) is 4.86. The number of hydrogen-bond donors (Lipinski definition) is 1. The molecule has 0 unspecified atom stereocenters. The Morgan fingerprint density at radius 3 is 2.39 bits per heavy atom. The van der Waals surface area contributed by atoms with Gasteiger partial charge in [-0.1, -0.05) is 0 Å². The summed E-state index contributed by atoms with van der Waals surface area (Å²) in [5.74, 6) is -0.0948. The first-order valence-electron chi connectivity index (χ1n) is 10.7. The minimum Gasteiger partial charge on any atom is -0.347 e. The largest absolute Gasteiger partial charge is 0.347 e. The van der Waals surface area contributed by atoms with E-state index in [4.69, 9.17) is 0 Å². The number of benzene rings is 1. The number of carbonyl (C=O) groups excluding carboxylic acids is 2. The van der Waals surface area contributed by atoms with Gasteiger partial charge in [0.1, 0.15) is 14.8 Å². The number of piperidine rings is 1. The van der Waals surface area contributed by atoms with Crippen LogP contribution in [0.4, 0.5) is 5.69 Å². The molecule has 3 heterocycles.